The van der Waals surface area contributed by atoms with Crippen LogP contribution in [0.4, 0.5) is 0 Å². The number of thioether (sulfide) groups is 1. The monoisotopic (exact) mass is 322 g/mol. The summed E-state index contributed by atoms with van der Waals surface area (Å²) in [5.74, 6) is 2.24. The Morgan fingerprint density at radius 3 is 2.86 bits per heavy atom. The number of nitrogens with zero attached hydrogens (tertiary/aromatic N) is 1. The van der Waals surface area contributed by atoms with Crippen LogP contribution < -0.4 is 5.32 Å². The lowest BCUT2D eigenvalue weighted by molar-refractivity contribution is 0.242. The molecule has 2 aliphatic carbocycles. The molecule has 22 heavy (non-hydrogen) atoms. The zero-order chi connectivity index (χ0) is 15.5. The second-order valence-corrected chi connectivity index (χ2v) is 7.82. The third-order valence-corrected chi connectivity index (χ3v) is 6.01. The summed E-state index contributed by atoms with van der Waals surface area (Å²) >= 11 is 2.05. The van der Waals surface area contributed by atoms with Gasteiger partial charge in [0.25, 0.3) is 0 Å². The Labute approximate surface area is 141 Å². The topological polar surface area (TPSA) is 15.3 Å². The molecule has 0 amide bonds. The van der Waals surface area contributed by atoms with Gasteiger partial charge in [-0.15, -0.1) is 11.8 Å². The molecule has 2 aliphatic rings. The van der Waals surface area contributed by atoms with Crippen molar-refractivity contribution in [1.29, 1.82) is 0 Å². The Morgan fingerprint density at radius 1 is 1.27 bits per heavy atom. The van der Waals surface area contributed by atoms with Gasteiger partial charge in [-0.3, -0.25) is 0 Å². The van der Waals surface area contributed by atoms with Crippen molar-refractivity contribution in [1.82, 2.24) is 10.2 Å². The first kappa shape index (κ1) is 18.1. The van der Waals surface area contributed by atoms with Crippen LogP contribution in [0.25, 0.3) is 0 Å². The zero-order valence-electron chi connectivity index (χ0n) is 14.4. The van der Waals surface area contributed by atoms with E-state index < -0.39 is 0 Å². The van der Waals surface area contributed by atoms with Crippen LogP contribution in [0.5, 0.6) is 0 Å². The van der Waals surface area contributed by atoms with Crippen LogP contribution in [-0.2, 0) is 0 Å². The van der Waals surface area contributed by atoms with Crippen LogP contribution in [0, 0.1) is 5.92 Å². The quantitative estimate of drug-likeness (QED) is 0.566. The molecule has 0 aromatic carbocycles. The summed E-state index contributed by atoms with van der Waals surface area (Å²) in [5, 5.41) is 3.62. The highest BCUT2D eigenvalue weighted by molar-refractivity contribution is 8.03. The van der Waals surface area contributed by atoms with E-state index in [-0.39, 0.29) is 0 Å². The maximum absolute atomic E-state index is 3.62. The molecule has 0 aliphatic heterocycles. The minimum atomic E-state index is 0.981. The number of likely N-dealkylation sites (N-methyl/N-ethyl adjacent to an activating group) is 1. The highest BCUT2D eigenvalue weighted by Crippen LogP contribution is 2.25. The second-order valence-electron chi connectivity index (χ2n) is 6.60. The summed E-state index contributed by atoms with van der Waals surface area (Å²) in [6.45, 7) is 8.37. The van der Waals surface area contributed by atoms with E-state index in [9.17, 15) is 0 Å². The molecule has 3 heteroatoms. The summed E-state index contributed by atoms with van der Waals surface area (Å²) in [6.07, 6.45) is 16.4. The zero-order valence-corrected chi connectivity index (χ0v) is 15.2. The van der Waals surface area contributed by atoms with E-state index in [2.05, 4.69) is 35.4 Å². The molecule has 1 saturated carbocycles. The van der Waals surface area contributed by atoms with E-state index in [0.717, 1.165) is 19.0 Å². The summed E-state index contributed by atoms with van der Waals surface area (Å²) in [7, 11) is 0. The predicted molar refractivity (Wildman–Crippen MR) is 100 cm³/mol. The Morgan fingerprint density at radius 2 is 2.14 bits per heavy atom. The molecule has 0 saturated heterocycles. The molecule has 0 bridgehead atoms. The molecule has 126 valence electrons. The molecule has 0 radical (unpaired) electrons. The maximum Gasteiger partial charge on any atom is 0.0107 e. The van der Waals surface area contributed by atoms with Gasteiger partial charge in [0.05, 0.1) is 0 Å². The lowest BCUT2D eigenvalue weighted by Crippen LogP contribution is -2.35. The molecule has 1 N–H and O–H groups in total. The van der Waals surface area contributed by atoms with E-state index >= 15 is 0 Å². The first-order chi connectivity index (χ1) is 10.9. The number of hydrogen-bond acceptors (Lipinski definition) is 3. The smallest absolute Gasteiger partial charge is 0.0107 e. The van der Waals surface area contributed by atoms with Crippen molar-refractivity contribution in [2.24, 2.45) is 5.92 Å². The molecule has 1 fully saturated rings. The third kappa shape index (κ3) is 7.34. The van der Waals surface area contributed by atoms with Crippen LogP contribution in [0.2, 0.25) is 0 Å². The normalized spacial score (nSPS) is 19.1. The van der Waals surface area contributed by atoms with Gasteiger partial charge in [0.15, 0.2) is 0 Å². The third-order valence-electron chi connectivity index (χ3n) is 4.80. The van der Waals surface area contributed by atoms with Gasteiger partial charge < -0.3 is 10.2 Å². The van der Waals surface area contributed by atoms with Crippen LogP contribution >= 0.6 is 11.8 Å². The van der Waals surface area contributed by atoms with Crippen molar-refractivity contribution in [3.8, 4) is 0 Å². The minimum absolute atomic E-state index is 0.981. The van der Waals surface area contributed by atoms with Gasteiger partial charge in [-0.25, -0.2) is 0 Å². The van der Waals surface area contributed by atoms with Crippen LogP contribution in [-0.4, -0.2) is 43.4 Å². The van der Waals surface area contributed by atoms with Crippen molar-refractivity contribution in [2.75, 3.05) is 38.5 Å². The van der Waals surface area contributed by atoms with Gasteiger partial charge in [0.2, 0.25) is 0 Å². The van der Waals surface area contributed by atoms with E-state index in [1.165, 1.54) is 70.3 Å². The Hall–Kier alpha value is -0.250. The highest BCUT2D eigenvalue weighted by atomic mass is 32.2. The fourth-order valence-electron chi connectivity index (χ4n) is 3.40. The van der Waals surface area contributed by atoms with Crippen molar-refractivity contribution >= 4 is 11.8 Å². The standard InChI is InChI=1S/C19H34N2S/c1-2-21(17-18-9-6-7-10-18)15-14-20-13-8-16-22-19-11-4-3-5-12-19/h3-4,11,18,20H,2,5-10,12-17H2,1H3. The Bertz CT molecular complexity index is 345. The molecular weight excluding hydrogens is 288 g/mol. The first-order valence-electron chi connectivity index (χ1n) is 9.30. The molecule has 0 spiro atoms. The van der Waals surface area contributed by atoms with Gasteiger partial charge in [0.1, 0.15) is 0 Å². The first-order valence-corrected chi connectivity index (χ1v) is 10.3. The van der Waals surface area contributed by atoms with Crippen molar-refractivity contribution in [3.05, 3.63) is 23.1 Å². The molecule has 0 unspecified atom stereocenters. The summed E-state index contributed by atoms with van der Waals surface area (Å²) in [4.78, 5) is 4.20. The van der Waals surface area contributed by atoms with Crippen molar-refractivity contribution in [3.63, 3.8) is 0 Å². The van der Waals surface area contributed by atoms with E-state index in [1.54, 1.807) is 4.91 Å². The van der Waals surface area contributed by atoms with Gasteiger partial charge in [-0.1, -0.05) is 38.0 Å². The number of nitrogens with one attached hydrogen (secondary N) is 1. The average molecular weight is 323 g/mol. The predicted octanol–water partition coefficient (Wildman–Crippen LogP) is 4.45. The van der Waals surface area contributed by atoms with Gasteiger partial charge in [-0.05, 0) is 61.8 Å². The van der Waals surface area contributed by atoms with Gasteiger partial charge in [0, 0.05) is 19.6 Å². The number of rotatable bonds is 11. The van der Waals surface area contributed by atoms with Crippen LogP contribution in [0.15, 0.2) is 23.1 Å². The van der Waals surface area contributed by atoms with Crippen molar-refractivity contribution in [2.45, 2.75) is 51.9 Å². The summed E-state index contributed by atoms with van der Waals surface area (Å²) in [6, 6.07) is 0. The average Bonchev–Trinajstić information content (AvgIpc) is 3.07. The molecule has 2 nitrogen and oxygen atoms in total. The van der Waals surface area contributed by atoms with E-state index in [0.29, 0.717) is 0 Å². The molecule has 2 rings (SSSR count). The summed E-state index contributed by atoms with van der Waals surface area (Å²) < 4.78 is 0. The van der Waals surface area contributed by atoms with E-state index in [4.69, 9.17) is 0 Å². The number of hydrogen-bond donors (Lipinski definition) is 1. The molecule has 0 aromatic rings. The number of allylic oxidation sites excluding steroid dienone is 4. The maximum atomic E-state index is 3.62. The van der Waals surface area contributed by atoms with Crippen molar-refractivity contribution < 1.29 is 0 Å². The fraction of sp³-hybridized carbons (Fsp3) is 0.789. The fourth-order valence-corrected chi connectivity index (χ4v) is 4.39. The largest absolute Gasteiger partial charge is 0.315 e. The molecule has 0 aromatic heterocycles. The highest BCUT2D eigenvalue weighted by Gasteiger charge is 2.17. The molecule has 0 atom stereocenters. The Kier molecular flexibility index (Phi) is 9.30. The van der Waals surface area contributed by atoms with Gasteiger partial charge >= 0.3 is 0 Å². The summed E-state index contributed by atoms with van der Waals surface area (Å²) in [5.41, 5.74) is 0. The van der Waals surface area contributed by atoms with Gasteiger partial charge in [-0.2, -0.15) is 0 Å². The minimum Gasteiger partial charge on any atom is -0.315 e. The lowest BCUT2D eigenvalue weighted by atomic mass is 10.1. The Balaban J connectivity index is 1.44. The molecule has 0 heterocycles. The van der Waals surface area contributed by atoms with Crippen LogP contribution in [0.1, 0.15) is 51.9 Å². The van der Waals surface area contributed by atoms with Crippen LogP contribution in [0.3, 0.4) is 0 Å². The molecular formula is C19H34N2S. The van der Waals surface area contributed by atoms with E-state index in [1.807, 2.05) is 11.8 Å². The SMILES string of the molecule is CCN(CCNCCCSC1=CC=CCC1)CC1CCCC1. The second kappa shape index (κ2) is 11.3. The lowest BCUT2D eigenvalue weighted by Gasteiger charge is -2.24.